The van der Waals surface area contributed by atoms with Crippen molar-refractivity contribution in [2.24, 2.45) is 0 Å². The quantitative estimate of drug-likeness (QED) is 0.528. The van der Waals surface area contributed by atoms with Crippen LogP contribution in [-0.2, 0) is 4.79 Å². The van der Waals surface area contributed by atoms with E-state index >= 15 is 0 Å². The van der Waals surface area contributed by atoms with E-state index in [1.54, 1.807) is 11.2 Å². The van der Waals surface area contributed by atoms with Crippen LogP contribution in [0.25, 0.3) is 16.7 Å². The molecule has 2 aromatic heterocycles. The molecule has 7 nitrogen and oxygen atoms in total. The first-order valence-electron chi connectivity index (χ1n) is 12.5. The van der Waals surface area contributed by atoms with E-state index in [0.717, 1.165) is 54.2 Å². The molecule has 2 atom stereocenters. The predicted molar refractivity (Wildman–Crippen MR) is 136 cm³/mol. The number of halogens is 2. The van der Waals surface area contributed by atoms with Crippen LogP contribution in [0.4, 0.5) is 15.9 Å². The van der Waals surface area contributed by atoms with E-state index in [9.17, 15) is 9.18 Å². The van der Waals surface area contributed by atoms with Crippen molar-refractivity contribution in [2.75, 3.05) is 36.0 Å². The van der Waals surface area contributed by atoms with Crippen molar-refractivity contribution in [3.8, 4) is 5.69 Å². The first kappa shape index (κ1) is 22.6. The summed E-state index contributed by atoms with van der Waals surface area (Å²) < 4.78 is 16.7. The Morgan fingerprint density at radius 1 is 1.11 bits per heavy atom. The number of carbonyl (C=O) groups excluding carboxylic acids is 1. The maximum absolute atomic E-state index is 14.6. The Balaban J connectivity index is 1.43. The van der Waals surface area contributed by atoms with E-state index in [4.69, 9.17) is 21.6 Å². The second-order valence-electron chi connectivity index (χ2n) is 10.2. The lowest BCUT2D eigenvalue weighted by molar-refractivity contribution is -0.141. The van der Waals surface area contributed by atoms with Crippen LogP contribution in [0.5, 0.6) is 0 Å². The van der Waals surface area contributed by atoms with Gasteiger partial charge in [-0.05, 0) is 57.7 Å². The van der Waals surface area contributed by atoms with Gasteiger partial charge in [0.2, 0.25) is 0 Å². The van der Waals surface area contributed by atoms with Crippen LogP contribution < -0.4 is 9.80 Å². The molecule has 1 aliphatic carbocycles. The van der Waals surface area contributed by atoms with E-state index in [-0.39, 0.29) is 18.0 Å². The second kappa shape index (κ2) is 8.36. The zero-order chi connectivity index (χ0) is 24.3. The third-order valence-electron chi connectivity index (χ3n) is 7.67. The number of piperazine rings is 1. The molecule has 0 spiro atoms. The lowest BCUT2D eigenvalue weighted by atomic mass is 10.1. The molecule has 3 aliphatic rings. The van der Waals surface area contributed by atoms with Crippen molar-refractivity contribution in [2.45, 2.75) is 57.3 Å². The molecule has 2 saturated heterocycles. The highest BCUT2D eigenvalue weighted by molar-refractivity contribution is 6.30. The highest BCUT2D eigenvalue weighted by atomic mass is 35.5. The highest BCUT2D eigenvalue weighted by Crippen LogP contribution is 2.43. The summed E-state index contributed by atoms with van der Waals surface area (Å²) in [5.74, 6) is 0.514. The first-order chi connectivity index (χ1) is 16.9. The number of anilines is 2. The van der Waals surface area contributed by atoms with Gasteiger partial charge in [-0.1, -0.05) is 17.7 Å². The maximum atomic E-state index is 14.6. The molecular formula is C26H30ClFN6O. The number of rotatable bonds is 4. The topological polar surface area (TPSA) is 57.5 Å². The molecule has 0 N–H and O–H groups in total. The van der Waals surface area contributed by atoms with Crippen LogP contribution in [0.3, 0.4) is 0 Å². The zero-order valence-electron chi connectivity index (χ0n) is 20.1. The van der Waals surface area contributed by atoms with Crippen LogP contribution in [-0.4, -0.2) is 69.3 Å². The minimum atomic E-state index is -1.64. The van der Waals surface area contributed by atoms with Crippen LogP contribution >= 0.6 is 11.6 Å². The number of fused-ring (bicyclic) bond motifs is 1. The fraction of sp³-hybridized carbons (Fsp3) is 0.500. The Kier molecular flexibility index (Phi) is 5.40. The van der Waals surface area contributed by atoms with E-state index < -0.39 is 5.67 Å². The number of carbonyl (C=O) groups is 1. The fourth-order valence-corrected chi connectivity index (χ4v) is 5.74. The molecule has 1 aromatic carbocycles. The van der Waals surface area contributed by atoms with Gasteiger partial charge >= 0.3 is 0 Å². The van der Waals surface area contributed by atoms with Gasteiger partial charge in [-0.25, -0.2) is 14.4 Å². The number of aromatic nitrogens is 3. The van der Waals surface area contributed by atoms with Gasteiger partial charge in [-0.15, -0.1) is 0 Å². The third-order valence-corrected chi connectivity index (χ3v) is 7.90. The molecule has 1 amide bonds. The molecule has 0 radical (unpaired) electrons. The zero-order valence-corrected chi connectivity index (χ0v) is 20.9. The SMILES string of the molecule is C[C@@H]1CN(c2ncnc3c2c(N2CCCC2)cn3-c2cccc(Cl)c2)[C@@H](C)CN1C(=O)C1(F)CC1. The molecule has 6 rings (SSSR count). The Morgan fingerprint density at radius 2 is 1.89 bits per heavy atom. The Hall–Kier alpha value is -2.87. The molecular weight excluding hydrogens is 467 g/mol. The van der Waals surface area contributed by atoms with Gasteiger partial charge in [-0.3, -0.25) is 9.36 Å². The molecule has 2 aliphatic heterocycles. The minimum Gasteiger partial charge on any atom is -0.370 e. The summed E-state index contributed by atoms with van der Waals surface area (Å²) in [7, 11) is 0. The van der Waals surface area contributed by atoms with Crippen LogP contribution in [0.2, 0.25) is 5.02 Å². The lowest BCUT2D eigenvalue weighted by Crippen LogP contribution is -2.60. The summed E-state index contributed by atoms with van der Waals surface area (Å²) in [6, 6.07) is 7.67. The van der Waals surface area contributed by atoms with Crippen LogP contribution in [0.15, 0.2) is 36.8 Å². The normalized spacial score (nSPS) is 23.8. The van der Waals surface area contributed by atoms with Crippen LogP contribution in [0, 0.1) is 0 Å². The molecule has 3 aromatic rings. The average molecular weight is 497 g/mol. The molecule has 184 valence electrons. The van der Waals surface area contributed by atoms with Crippen molar-refractivity contribution in [1.29, 1.82) is 0 Å². The Morgan fingerprint density at radius 3 is 2.60 bits per heavy atom. The fourth-order valence-electron chi connectivity index (χ4n) is 5.55. The smallest absolute Gasteiger partial charge is 0.260 e. The summed E-state index contributed by atoms with van der Waals surface area (Å²) in [5, 5.41) is 1.68. The molecule has 3 fully saturated rings. The van der Waals surface area contributed by atoms with Gasteiger partial charge in [0.1, 0.15) is 12.1 Å². The van der Waals surface area contributed by atoms with Crippen molar-refractivity contribution in [1.82, 2.24) is 19.4 Å². The van der Waals surface area contributed by atoms with Gasteiger partial charge in [-0.2, -0.15) is 0 Å². The molecule has 0 bridgehead atoms. The van der Waals surface area contributed by atoms with E-state index in [0.29, 0.717) is 31.0 Å². The average Bonchev–Trinajstić information content (AvgIpc) is 3.23. The predicted octanol–water partition coefficient (Wildman–Crippen LogP) is 4.60. The van der Waals surface area contributed by atoms with E-state index in [1.165, 1.54) is 0 Å². The van der Waals surface area contributed by atoms with E-state index in [1.807, 2.05) is 31.2 Å². The molecule has 4 heterocycles. The molecule has 9 heteroatoms. The second-order valence-corrected chi connectivity index (χ2v) is 10.7. The number of alkyl halides is 1. The Bertz CT molecular complexity index is 1280. The summed E-state index contributed by atoms with van der Waals surface area (Å²) >= 11 is 6.32. The van der Waals surface area contributed by atoms with Gasteiger partial charge in [0.05, 0.1) is 11.1 Å². The first-order valence-corrected chi connectivity index (χ1v) is 12.9. The van der Waals surface area contributed by atoms with E-state index in [2.05, 4.69) is 27.5 Å². The van der Waals surface area contributed by atoms with Crippen molar-refractivity contribution in [3.63, 3.8) is 0 Å². The van der Waals surface area contributed by atoms with Crippen molar-refractivity contribution < 1.29 is 9.18 Å². The van der Waals surface area contributed by atoms with Gasteiger partial charge < -0.3 is 14.7 Å². The largest absolute Gasteiger partial charge is 0.370 e. The number of benzene rings is 1. The minimum absolute atomic E-state index is 0.00320. The summed E-state index contributed by atoms with van der Waals surface area (Å²) in [5.41, 5.74) is 1.26. The summed E-state index contributed by atoms with van der Waals surface area (Å²) in [6.45, 7) is 7.15. The maximum Gasteiger partial charge on any atom is 0.260 e. The third kappa shape index (κ3) is 3.82. The molecule has 1 saturated carbocycles. The number of amides is 1. The van der Waals surface area contributed by atoms with Crippen molar-refractivity contribution >= 4 is 40.0 Å². The standard InChI is InChI=1S/C26H30ClFN6O/c1-17-14-33(25(35)26(28)8-9-26)18(2)13-32(17)23-22-21(31-10-3-4-11-31)15-34(24(22)30-16-29-23)20-7-5-6-19(27)12-20/h5-7,12,15-18H,3-4,8-11,13-14H2,1-2H3/t17-,18+/m0/s1. The number of hydrogen-bond acceptors (Lipinski definition) is 5. The van der Waals surface area contributed by atoms with Gasteiger partial charge in [0.15, 0.2) is 11.3 Å². The van der Waals surface area contributed by atoms with Gasteiger partial charge in [0.25, 0.3) is 5.91 Å². The number of hydrogen-bond donors (Lipinski definition) is 0. The number of nitrogens with zero attached hydrogens (tertiary/aromatic N) is 6. The summed E-state index contributed by atoms with van der Waals surface area (Å²) in [6.07, 6.45) is 6.76. The lowest BCUT2D eigenvalue weighted by Gasteiger charge is -2.45. The van der Waals surface area contributed by atoms with Crippen LogP contribution in [0.1, 0.15) is 39.5 Å². The summed E-state index contributed by atoms with van der Waals surface area (Å²) in [4.78, 5) is 28.7. The molecule has 35 heavy (non-hydrogen) atoms. The Labute approximate surface area is 209 Å². The van der Waals surface area contributed by atoms with Gasteiger partial charge in [0, 0.05) is 55.2 Å². The highest BCUT2D eigenvalue weighted by Gasteiger charge is 2.54. The monoisotopic (exact) mass is 496 g/mol. The molecule has 0 unspecified atom stereocenters. The van der Waals surface area contributed by atoms with Crippen molar-refractivity contribution in [3.05, 3.63) is 41.8 Å².